The molecule has 5 nitrogen and oxygen atoms in total. The van der Waals surface area contributed by atoms with E-state index in [9.17, 15) is 22.8 Å². The molecule has 39 heavy (non-hydrogen) atoms. The number of nitrogens with zero attached hydrogens (tertiary/aromatic N) is 2. The SMILES string of the molecule is C#Cc1nc(C(=O)N(c2ccc(C(F)(F)F)cc2)C(C(=O)NC(C)(C)C)[C]23[CH]4[CH]5[CH]6[CH]2[Fe]56432789[CH]3[CH]2[CH]7[CH]8[CH]39)cs1. The van der Waals surface area contributed by atoms with Gasteiger partial charge in [0, 0.05) is 0 Å². The predicted octanol–water partition coefficient (Wildman–Crippen LogP) is 6.83. The number of terminal acetylenes is 1. The molecule has 10 aliphatic heterocycles. The van der Waals surface area contributed by atoms with Crippen molar-refractivity contribution in [3.63, 3.8) is 0 Å². The molecule has 10 saturated heterocycles. The molecule has 5 atom stereocenters. The van der Waals surface area contributed by atoms with Gasteiger partial charge in [-0.2, -0.15) is 0 Å². The van der Waals surface area contributed by atoms with Crippen molar-refractivity contribution >= 4 is 28.8 Å². The number of fused-ring (bicyclic) bond motifs is 10. The number of alkyl halides is 3. The van der Waals surface area contributed by atoms with Crippen molar-refractivity contribution in [3.8, 4) is 12.3 Å². The van der Waals surface area contributed by atoms with Gasteiger partial charge < -0.3 is 0 Å². The third kappa shape index (κ3) is 0.560. The molecular weight excluding hydrogens is 567 g/mol. The molecule has 11 heterocycles. The number of thiazole rings is 1. The van der Waals surface area contributed by atoms with Gasteiger partial charge in [-0.1, -0.05) is 0 Å². The van der Waals surface area contributed by atoms with Crippen LogP contribution in [0.1, 0.15) is 41.8 Å². The number of halogens is 3. The number of hydrogen-bond donors (Lipinski definition) is 1. The first kappa shape index (κ1) is 20.5. The Bertz CT molecular complexity index is 2000. The number of hydrogen-bond acceptors (Lipinski definition) is 4. The standard InChI is InChI=1S/C24H21F3N3O2S.C5H5.Fe/c1-5-19-28-18(14-33-19)22(32)30(17-12-10-16(11-13-17)24(25,26)27)20(15-8-6-7-9-15)21(31)29-23(2,3)4;1-2-4-5-3-1;/h1,6-14,20H,2-4H3,(H,29,31);1-5H;. The van der Waals surface area contributed by atoms with Crippen LogP contribution in [-0.2, 0) is 17.5 Å². The average Bonchev–Trinajstić information content (AvgIpc) is 3.73. The maximum absolute atomic E-state index is 14.5. The van der Waals surface area contributed by atoms with Crippen LogP contribution in [-0.4, -0.2) is 28.4 Å². The third-order valence-electron chi connectivity index (χ3n) is 18.7. The number of aromatic nitrogens is 1. The van der Waals surface area contributed by atoms with Gasteiger partial charge in [0.05, 0.1) is 0 Å². The zero-order chi connectivity index (χ0) is 27.0. The number of benzene rings is 1. The fraction of sp³-hybridized carbons (Fsp3) is 0.552. The van der Waals surface area contributed by atoms with Gasteiger partial charge in [0.2, 0.25) is 0 Å². The summed E-state index contributed by atoms with van der Waals surface area (Å²) in [7, 11) is 0. The van der Waals surface area contributed by atoms with Crippen LogP contribution in [0, 0.1) is 12.3 Å². The number of rotatable bonds is 5. The van der Waals surface area contributed by atoms with Gasteiger partial charge in [-0.3, -0.25) is 0 Å². The van der Waals surface area contributed by atoms with Crippen LogP contribution in [0.2, 0.25) is 47.7 Å². The van der Waals surface area contributed by atoms with E-state index in [1.165, 1.54) is 23.5 Å². The van der Waals surface area contributed by atoms with Crippen LogP contribution in [0.3, 0.4) is 0 Å². The number of carbonyl (C=O) groups excluding carboxylic acids is 2. The van der Waals surface area contributed by atoms with Crippen LogP contribution in [0.4, 0.5) is 18.9 Å². The summed E-state index contributed by atoms with van der Waals surface area (Å²) in [5.74, 6) is 1.87. The quantitative estimate of drug-likeness (QED) is 0.306. The molecule has 10 heteroatoms. The van der Waals surface area contributed by atoms with E-state index in [1.54, 1.807) is 10.3 Å². The second kappa shape index (κ2) is 2.94. The van der Waals surface area contributed by atoms with Crippen molar-refractivity contribution in [1.82, 2.24) is 10.3 Å². The third-order valence-corrected chi connectivity index (χ3v) is 62.1. The van der Waals surface area contributed by atoms with E-state index in [1.807, 2.05) is 20.8 Å². The molecule has 0 saturated carbocycles. The molecule has 2 amide bonds. The van der Waals surface area contributed by atoms with Crippen molar-refractivity contribution in [2.75, 3.05) is 4.90 Å². The van der Waals surface area contributed by atoms with E-state index in [4.69, 9.17) is 6.42 Å². The second-order valence-electron chi connectivity index (χ2n) is 16.8. The summed E-state index contributed by atoms with van der Waals surface area (Å²) < 4.78 is 40.4. The van der Waals surface area contributed by atoms with E-state index < -0.39 is 35.7 Å². The molecule has 10 aliphatic rings. The van der Waals surface area contributed by atoms with Crippen molar-refractivity contribution in [1.29, 1.82) is 0 Å². The van der Waals surface area contributed by atoms with Gasteiger partial charge in [0.15, 0.2) is 0 Å². The Morgan fingerprint density at radius 2 is 1.62 bits per heavy atom. The van der Waals surface area contributed by atoms with Crippen molar-refractivity contribution in [2.24, 2.45) is 0 Å². The molecule has 5 unspecified atom stereocenters. The summed E-state index contributed by atoms with van der Waals surface area (Å²) in [4.78, 5) is 42.5. The topological polar surface area (TPSA) is 62.3 Å². The molecule has 10 fully saturated rings. The summed E-state index contributed by atoms with van der Waals surface area (Å²) >= 11 is 1.18. The Morgan fingerprint density at radius 1 is 1.05 bits per heavy atom. The molecule has 1 N–H and O–H groups in total. The molecule has 1 aromatic heterocycles. The normalized spacial score (nSPS) is 59.8. The first-order chi connectivity index (χ1) is 18.1. The van der Waals surface area contributed by atoms with Gasteiger partial charge in [-0.25, -0.2) is 0 Å². The summed E-state index contributed by atoms with van der Waals surface area (Å²) in [6, 6.07) is 4.04. The van der Waals surface area contributed by atoms with E-state index in [-0.39, 0.29) is 15.9 Å². The first-order valence-electron chi connectivity index (χ1n) is 13.6. The molecule has 2 aromatic rings. The Labute approximate surface area is 217 Å². The van der Waals surface area contributed by atoms with E-state index in [0.29, 0.717) is 20.3 Å². The molecule has 12 rings (SSSR count). The molecule has 1 spiro atoms. The molecule has 204 valence electrons. The van der Waals surface area contributed by atoms with Crippen molar-refractivity contribution < 1.29 is 29.3 Å². The summed E-state index contributed by atoms with van der Waals surface area (Å²) in [5, 5.41) is 5.18. The van der Waals surface area contributed by atoms with E-state index in [2.05, 4.69) is 16.2 Å². The van der Waals surface area contributed by atoms with Gasteiger partial charge in [0.25, 0.3) is 0 Å². The number of anilines is 1. The zero-order valence-electron chi connectivity index (χ0n) is 21.3. The van der Waals surface area contributed by atoms with Gasteiger partial charge in [-0.15, -0.1) is 0 Å². The monoisotopic (exact) mass is 593 g/mol. The fourth-order valence-corrected chi connectivity index (χ4v) is 95.2. The summed E-state index contributed by atoms with van der Waals surface area (Å²) in [6.45, 7) is 1.79. The molecule has 1 aromatic carbocycles. The van der Waals surface area contributed by atoms with E-state index in [0.717, 1.165) is 45.8 Å². The zero-order valence-corrected chi connectivity index (χ0v) is 23.3. The van der Waals surface area contributed by atoms with Crippen LogP contribution < -0.4 is 10.2 Å². The number of amides is 2. The van der Waals surface area contributed by atoms with Crippen LogP contribution in [0.25, 0.3) is 0 Å². The maximum atomic E-state index is 14.5. The van der Waals surface area contributed by atoms with Crippen LogP contribution >= 0.6 is 11.3 Å². The molecule has 0 bridgehead atoms. The Balaban J connectivity index is 1.08. The van der Waals surface area contributed by atoms with Gasteiger partial charge >= 0.3 is 218 Å². The predicted molar refractivity (Wildman–Crippen MR) is 136 cm³/mol. The second-order valence-corrected chi connectivity index (χ2v) is 41.2. The van der Waals surface area contributed by atoms with Gasteiger partial charge in [-0.05, 0) is 0 Å². The Hall–Kier alpha value is -2.34. The van der Waals surface area contributed by atoms with Gasteiger partial charge in [0.1, 0.15) is 0 Å². The van der Waals surface area contributed by atoms with Crippen LogP contribution in [0.15, 0.2) is 29.6 Å². The Kier molecular flexibility index (Phi) is 1.55. The first-order valence-corrected chi connectivity index (χ1v) is 20.7. The van der Waals surface area contributed by atoms with Crippen molar-refractivity contribution in [2.45, 2.75) is 86.2 Å². The molecule has 0 radical (unpaired) electrons. The molecule has 0 aliphatic carbocycles. The van der Waals surface area contributed by atoms with Crippen molar-refractivity contribution in [3.05, 3.63) is 45.9 Å². The minimum atomic E-state index is -4.50. The molecular formula is C29H26F3FeN3O2S. The Morgan fingerprint density at radius 3 is 2.00 bits per heavy atom. The minimum absolute atomic E-state index is 0.0717. The average molecular weight is 593 g/mol. The van der Waals surface area contributed by atoms with Crippen LogP contribution in [0.5, 0.6) is 0 Å². The number of nitrogens with one attached hydrogen (secondary N) is 1. The fourth-order valence-electron chi connectivity index (χ4n) is 19.8. The summed E-state index contributed by atoms with van der Waals surface area (Å²) in [5.41, 5.74) is -0.827. The summed E-state index contributed by atoms with van der Waals surface area (Å²) in [6.07, 6.45) is 1.04. The number of carbonyl (C=O) groups is 2. The van der Waals surface area contributed by atoms with E-state index >= 15 is 0 Å².